The molecule has 4 aromatic rings. The largest absolute Gasteiger partial charge is 0.363 e. The Balaban J connectivity index is 1.53. The molecule has 0 aliphatic carbocycles. The van der Waals surface area contributed by atoms with E-state index in [1.54, 1.807) is 6.92 Å². The van der Waals surface area contributed by atoms with E-state index in [-0.39, 0.29) is 13.2 Å². The predicted octanol–water partition coefficient (Wildman–Crippen LogP) is 4.16. The van der Waals surface area contributed by atoms with E-state index in [1.807, 2.05) is 91.0 Å². The van der Waals surface area contributed by atoms with Crippen LogP contribution in [0.4, 0.5) is 0 Å². The quantitative estimate of drug-likeness (QED) is 0.264. The zero-order chi connectivity index (χ0) is 27.2. The first kappa shape index (κ1) is 26.4. The minimum Gasteiger partial charge on any atom is -0.363 e. The summed E-state index contributed by atoms with van der Waals surface area (Å²) in [5, 5.41) is 0. The summed E-state index contributed by atoms with van der Waals surface area (Å²) >= 11 is 0. The molecule has 39 heavy (non-hydrogen) atoms. The van der Waals surface area contributed by atoms with E-state index < -0.39 is 35.3 Å². The lowest BCUT2D eigenvalue weighted by atomic mass is 9.80. The van der Waals surface area contributed by atoms with Crippen LogP contribution >= 0.6 is 0 Å². The number of aromatic amines is 1. The zero-order valence-corrected chi connectivity index (χ0v) is 21.7. The Morgan fingerprint density at radius 2 is 1.49 bits per heavy atom. The molecule has 0 bridgehead atoms. The van der Waals surface area contributed by atoms with Crippen molar-refractivity contribution in [2.24, 2.45) is 0 Å². The molecule has 198 valence electrons. The number of rotatable bonds is 9. The van der Waals surface area contributed by atoms with E-state index >= 15 is 0 Å². The number of ether oxygens (including phenoxy) is 3. The lowest BCUT2D eigenvalue weighted by Gasteiger charge is -2.37. The van der Waals surface area contributed by atoms with Crippen LogP contribution in [0, 0.1) is 19.3 Å². The van der Waals surface area contributed by atoms with Crippen LogP contribution < -0.4 is 11.2 Å². The van der Waals surface area contributed by atoms with Crippen LogP contribution in [-0.4, -0.2) is 35.0 Å². The lowest BCUT2D eigenvalue weighted by Crippen LogP contribution is -2.38. The Kier molecular flexibility index (Phi) is 7.89. The normalized spacial score (nSPS) is 19.0. The first-order chi connectivity index (χ1) is 19.0. The fraction of sp³-hybridized carbons (Fsp3) is 0.250. The molecule has 0 unspecified atom stereocenters. The Morgan fingerprint density at radius 3 is 2.00 bits per heavy atom. The van der Waals surface area contributed by atoms with Gasteiger partial charge in [-0.25, -0.2) is 4.79 Å². The average Bonchev–Trinajstić information content (AvgIpc) is 3.38. The van der Waals surface area contributed by atoms with Gasteiger partial charge in [-0.2, -0.15) is 0 Å². The van der Waals surface area contributed by atoms with Crippen molar-refractivity contribution in [3.63, 3.8) is 0 Å². The maximum absolute atomic E-state index is 12.6. The molecule has 0 spiro atoms. The van der Waals surface area contributed by atoms with Gasteiger partial charge in [0.2, 0.25) is 0 Å². The van der Waals surface area contributed by atoms with Gasteiger partial charge in [-0.1, -0.05) is 96.9 Å². The highest BCUT2D eigenvalue weighted by molar-refractivity contribution is 5.47. The molecule has 3 aromatic carbocycles. The molecule has 2 heterocycles. The number of hydrogen-bond acceptors (Lipinski definition) is 5. The number of nitrogens with one attached hydrogen (secondary N) is 1. The number of aryl methyl sites for hydroxylation is 1. The summed E-state index contributed by atoms with van der Waals surface area (Å²) in [6.07, 6.45) is 5.76. The van der Waals surface area contributed by atoms with Crippen molar-refractivity contribution in [2.75, 3.05) is 13.2 Å². The second-order valence-corrected chi connectivity index (χ2v) is 9.49. The van der Waals surface area contributed by atoms with Gasteiger partial charge in [0, 0.05) is 18.2 Å². The molecule has 1 saturated heterocycles. The maximum Gasteiger partial charge on any atom is 0.330 e. The highest BCUT2D eigenvalue weighted by atomic mass is 16.6. The minimum absolute atomic E-state index is 0.0952. The van der Waals surface area contributed by atoms with Gasteiger partial charge in [-0.15, -0.1) is 6.42 Å². The van der Waals surface area contributed by atoms with Crippen LogP contribution in [0.15, 0.2) is 107 Å². The van der Waals surface area contributed by atoms with Gasteiger partial charge < -0.3 is 14.2 Å². The number of aromatic nitrogens is 2. The van der Waals surface area contributed by atoms with Gasteiger partial charge in [0.1, 0.15) is 24.5 Å². The van der Waals surface area contributed by atoms with E-state index in [0.717, 1.165) is 16.7 Å². The minimum atomic E-state index is -0.937. The summed E-state index contributed by atoms with van der Waals surface area (Å²) in [6.45, 7) is 1.89. The first-order valence-corrected chi connectivity index (χ1v) is 12.9. The molecule has 1 fully saturated rings. The molecule has 7 heteroatoms. The third kappa shape index (κ3) is 5.36. The number of benzene rings is 3. The molecule has 1 aromatic heterocycles. The van der Waals surface area contributed by atoms with Crippen LogP contribution in [0.2, 0.25) is 0 Å². The van der Waals surface area contributed by atoms with Gasteiger partial charge in [0.25, 0.3) is 5.56 Å². The zero-order valence-electron chi connectivity index (χ0n) is 21.7. The Hall–Kier alpha value is -4.22. The first-order valence-electron chi connectivity index (χ1n) is 12.9. The van der Waals surface area contributed by atoms with Crippen molar-refractivity contribution in [1.82, 2.24) is 9.55 Å². The molecular formula is C32H30N2O5. The molecule has 1 N–H and O–H groups in total. The van der Waals surface area contributed by atoms with Crippen molar-refractivity contribution in [3.05, 3.63) is 140 Å². The van der Waals surface area contributed by atoms with Crippen LogP contribution in [0.5, 0.6) is 0 Å². The summed E-state index contributed by atoms with van der Waals surface area (Å²) < 4.78 is 20.7. The molecular weight excluding hydrogens is 492 g/mol. The molecule has 5 rings (SSSR count). The third-order valence-corrected chi connectivity index (χ3v) is 7.02. The second kappa shape index (κ2) is 11.7. The van der Waals surface area contributed by atoms with Gasteiger partial charge in [0.05, 0.1) is 12.7 Å². The summed E-state index contributed by atoms with van der Waals surface area (Å²) in [6, 6.07) is 30.2. The number of nitrogens with zero attached hydrogens (tertiary/aromatic N) is 1. The van der Waals surface area contributed by atoms with Crippen molar-refractivity contribution < 1.29 is 14.2 Å². The number of terminal acetylenes is 1. The molecule has 1 aliphatic heterocycles. The monoisotopic (exact) mass is 522 g/mol. The van der Waals surface area contributed by atoms with Crippen molar-refractivity contribution in [1.29, 1.82) is 0 Å². The number of hydrogen-bond donors (Lipinski definition) is 1. The molecule has 0 saturated carbocycles. The summed E-state index contributed by atoms with van der Waals surface area (Å²) in [5.74, 6) is 2.51. The van der Waals surface area contributed by atoms with Gasteiger partial charge in [-0.3, -0.25) is 14.3 Å². The van der Waals surface area contributed by atoms with Crippen LogP contribution in [-0.2, 0) is 19.8 Å². The van der Waals surface area contributed by atoms with Crippen molar-refractivity contribution in [2.45, 2.75) is 37.4 Å². The highest BCUT2D eigenvalue weighted by Gasteiger charge is 2.42. The fourth-order valence-electron chi connectivity index (χ4n) is 5.13. The molecule has 3 atom stereocenters. The van der Waals surface area contributed by atoms with Crippen LogP contribution in [0.25, 0.3) is 0 Å². The fourth-order valence-corrected chi connectivity index (χ4v) is 5.13. The smallest absolute Gasteiger partial charge is 0.330 e. The Labute approximate surface area is 227 Å². The standard InChI is InChI=1S/C32H30N2O5/c1-3-19-37-27-20-29(34-21-23(2)30(35)33-31(34)36)39-28(27)22-38-32(24-13-7-4-8-14-24,25-15-9-5-10-16-25)26-17-11-6-12-18-26/h1,4-18,21,27-29H,19-20,22H2,2H3,(H,33,35,36)/t27-,28+,29+/m0/s1. The van der Waals surface area contributed by atoms with E-state index in [4.69, 9.17) is 20.6 Å². The van der Waals surface area contributed by atoms with Crippen LogP contribution in [0.3, 0.4) is 0 Å². The van der Waals surface area contributed by atoms with Gasteiger partial charge >= 0.3 is 5.69 Å². The van der Waals surface area contributed by atoms with E-state index in [0.29, 0.717) is 12.0 Å². The topological polar surface area (TPSA) is 82.6 Å². The maximum atomic E-state index is 12.6. The van der Waals surface area contributed by atoms with Crippen LogP contribution in [0.1, 0.15) is 34.9 Å². The second-order valence-electron chi connectivity index (χ2n) is 9.49. The molecule has 0 radical (unpaired) electrons. The SMILES string of the molecule is C#CCO[C@H]1C[C@H](n2cc(C)c(=O)[nH]c2=O)O[C@@H]1COC(c1ccccc1)(c1ccccc1)c1ccccc1. The molecule has 0 amide bonds. The van der Waals surface area contributed by atoms with E-state index in [2.05, 4.69) is 10.9 Å². The van der Waals surface area contributed by atoms with Gasteiger partial charge in [0.15, 0.2) is 0 Å². The van der Waals surface area contributed by atoms with Crippen molar-refractivity contribution >= 4 is 0 Å². The van der Waals surface area contributed by atoms with Crippen molar-refractivity contribution in [3.8, 4) is 12.3 Å². The number of H-pyrrole nitrogens is 1. The average molecular weight is 523 g/mol. The van der Waals surface area contributed by atoms with E-state index in [9.17, 15) is 9.59 Å². The molecule has 1 aliphatic rings. The lowest BCUT2D eigenvalue weighted by molar-refractivity contribution is -0.102. The predicted molar refractivity (Wildman–Crippen MR) is 148 cm³/mol. The summed E-state index contributed by atoms with van der Waals surface area (Å²) in [5.41, 5.74) is 1.40. The molecule has 7 nitrogen and oxygen atoms in total. The van der Waals surface area contributed by atoms with E-state index in [1.165, 1.54) is 10.8 Å². The van der Waals surface area contributed by atoms with Gasteiger partial charge in [-0.05, 0) is 23.6 Å². The Bertz CT molecular complexity index is 1440. The highest BCUT2D eigenvalue weighted by Crippen LogP contribution is 2.41. The Morgan fingerprint density at radius 1 is 0.949 bits per heavy atom. The summed E-state index contributed by atoms with van der Waals surface area (Å²) in [7, 11) is 0. The summed E-state index contributed by atoms with van der Waals surface area (Å²) in [4.78, 5) is 26.9. The third-order valence-electron chi connectivity index (χ3n) is 7.02.